The van der Waals surface area contributed by atoms with E-state index >= 15 is 0 Å². The summed E-state index contributed by atoms with van der Waals surface area (Å²) in [7, 11) is 0. The molecule has 1 fully saturated rings. The fourth-order valence-corrected chi connectivity index (χ4v) is 0.510. The van der Waals surface area contributed by atoms with Crippen LogP contribution in [0.15, 0.2) is 0 Å². The van der Waals surface area contributed by atoms with Crippen molar-refractivity contribution in [3.05, 3.63) is 0 Å². The van der Waals surface area contributed by atoms with Gasteiger partial charge in [-0.25, -0.2) is 0 Å². The topological polar surface area (TPSA) is 9.23 Å². The van der Waals surface area contributed by atoms with Crippen LogP contribution in [0.2, 0.25) is 0 Å². The Balaban J connectivity index is 0.000000250. The van der Waals surface area contributed by atoms with E-state index in [-0.39, 0.29) is 7.43 Å². The Morgan fingerprint density at radius 3 is 1.67 bits per heavy atom. The van der Waals surface area contributed by atoms with Crippen LogP contribution in [-0.4, -0.2) is 13.2 Å². The number of rotatable bonds is 0. The summed E-state index contributed by atoms with van der Waals surface area (Å²) in [5, 5.41) is 0. The maximum atomic E-state index is 4.94. The smallest absolute Gasteiger partial charge is 0.0466 e. The molecular formula is C5H12O. The zero-order valence-corrected chi connectivity index (χ0v) is 3.24. The van der Waals surface area contributed by atoms with Gasteiger partial charge in [-0.05, 0) is 12.8 Å². The molecule has 1 saturated heterocycles. The quantitative estimate of drug-likeness (QED) is 0.435. The summed E-state index contributed by atoms with van der Waals surface area (Å²) in [4.78, 5) is 0. The summed E-state index contributed by atoms with van der Waals surface area (Å²) in [6.45, 7) is 2.00. The van der Waals surface area contributed by atoms with E-state index in [2.05, 4.69) is 0 Å². The summed E-state index contributed by atoms with van der Waals surface area (Å²) in [6, 6.07) is 0. The summed E-state index contributed by atoms with van der Waals surface area (Å²) in [5.74, 6) is 0. The lowest BCUT2D eigenvalue weighted by Crippen LogP contribution is -1.74. The molecule has 1 aliphatic rings. The molecule has 0 unspecified atom stereocenters. The van der Waals surface area contributed by atoms with Gasteiger partial charge in [0.15, 0.2) is 0 Å². The van der Waals surface area contributed by atoms with Crippen LogP contribution >= 0.6 is 0 Å². The molecule has 1 heteroatoms. The molecule has 0 aromatic heterocycles. The first-order valence-electron chi connectivity index (χ1n) is 2.08. The van der Waals surface area contributed by atoms with Gasteiger partial charge in [-0.1, -0.05) is 7.43 Å². The lowest BCUT2D eigenvalue weighted by molar-refractivity contribution is 0.198. The minimum Gasteiger partial charge on any atom is -0.381 e. The first-order chi connectivity index (χ1) is 2.50. The van der Waals surface area contributed by atoms with Crippen LogP contribution in [0.1, 0.15) is 20.3 Å². The van der Waals surface area contributed by atoms with Gasteiger partial charge in [-0.3, -0.25) is 0 Å². The van der Waals surface area contributed by atoms with Crippen molar-refractivity contribution in [1.29, 1.82) is 0 Å². The zero-order chi connectivity index (χ0) is 3.54. The molecule has 0 atom stereocenters. The predicted molar refractivity (Wildman–Crippen MR) is 26.8 cm³/mol. The Hall–Kier alpha value is -0.0400. The molecule has 1 heterocycles. The summed E-state index contributed by atoms with van der Waals surface area (Å²) >= 11 is 0. The molecule has 0 aliphatic carbocycles. The summed E-state index contributed by atoms with van der Waals surface area (Å²) in [6.07, 6.45) is 2.56. The van der Waals surface area contributed by atoms with E-state index in [9.17, 15) is 0 Å². The van der Waals surface area contributed by atoms with E-state index in [1.54, 1.807) is 0 Å². The van der Waals surface area contributed by atoms with Gasteiger partial charge < -0.3 is 4.74 Å². The summed E-state index contributed by atoms with van der Waals surface area (Å²) < 4.78 is 4.94. The average molecular weight is 88.2 g/mol. The second-order valence-corrected chi connectivity index (χ2v) is 1.32. The number of hydrogen-bond acceptors (Lipinski definition) is 1. The van der Waals surface area contributed by atoms with E-state index in [0.29, 0.717) is 0 Å². The molecule has 38 valence electrons. The predicted octanol–water partition coefficient (Wildman–Crippen LogP) is 1.43. The first-order valence-corrected chi connectivity index (χ1v) is 2.08. The maximum Gasteiger partial charge on any atom is 0.0466 e. The van der Waals surface area contributed by atoms with E-state index < -0.39 is 0 Å². The molecule has 0 N–H and O–H groups in total. The van der Waals surface area contributed by atoms with Gasteiger partial charge >= 0.3 is 0 Å². The number of ether oxygens (including phenoxy) is 1. The van der Waals surface area contributed by atoms with Crippen molar-refractivity contribution in [3.63, 3.8) is 0 Å². The molecular weight excluding hydrogens is 76.1 g/mol. The van der Waals surface area contributed by atoms with Gasteiger partial charge in [0, 0.05) is 13.2 Å². The zero-order valence-electron chi connectivity index (χ0n) is 3.24. The minimum absolute atomic E-state index is 0. The lowest BCUT2D eigenvalue weighted by atomic mass is 10.4. The van der Waals surface area contributed by atoms with Gasteiger partial charge in [0.25, 0.3) is 0 Å². The van der Waals surface area contributed by atoms with Gasteiger partial charge in [0.2, 0.25) is 0 Å². The second kappa shape index (κ2) is 3.16. The Kier molecular flexibility index (Phi) is 3.14. The van der Waals surface area contributed by atoms with Gasteiger partial charge in [0.1, 0.15) is 0 Å². The van der Waals surface area contributed by atoms with Crippen LogP contribution in [0, 0.1) is 0 Å². The first kappa shape index (κ1) is 5.96. The van der Waals surface area contributed by atoms with Gasteiger partial charge in [-0.2, -0.15) is 0 Å². The molecule has 0 saturated carbocycles. The highest BCUT2D eigenvalue weighted by atomic mass is 16.5. The van der Waals surface area contributed by atoms with Crippen molar-refractivity contribution in [3.8, 4) is 0 Å². The fraction of sp³-hybridized carbons (Fsp3) is 1.00. The number of hydrogen-bond donors (Lipinski definition) is 0. The second-order valence-electron chi connectivity index (χ2n) is 1.32. The molecule has 0 aromatic carbocycles. The molecule has 1 rings (SSSR count). The Morgan fingerprint density at radius 2 is 1.50 bits per heavy atom. The van der Waals surface area contributed by atoms with Crippen molar-refractivity contribution in [2.45, 2.75) is 20.3 Å². The van der Waals surface area contributed by atoms with Crippen LogP contribution < -0.4 is 0 Å². The SMILES string of the molecule is C.C1CCOC1. The van der Waals surface area contributed by atoms with Crippen molar-refractivity contribution in [1.82, 2.24) is 0 Å². The molecule has 0 radical (unpaired) electrons. The molecule has 0 aromatic rings. The highest BCUT2D eigenvalue weighted by molar-refractivity contribution is 4.43. The van der Waals surface area contributed by atoms with Gasteiger partial charge in [-0.15, -0.1) is 0 Å². The Bertz CT molecular complexity index is 15.5. The Labute approximate surface area is 39.3 Å². The Morgan fingerprint density at radius 1 is 1.00 bits per heavy atom. The van der Waals surface area contributed by atoms with E-state index in [1.807, 2.05) is 0 Å². The van der Waals surface area contributed by atoms with E-state index in [4.69, 9.17) is 4.74 Å². The average Bonchev–Trinajstić information content (AvgIpc) is 1.76. The molecule has 6 heavy (non-hydrogen) atoms. The fourth-order valence-electron chi connectivity index (χ4n) is 0.510. The maximum absolute atomic E-state index is 4.94. The van der Waals surface area contributed by atoms with Crippen LogP contribution in [0.5, 0.6) is 0 Å². The van der Waals surface area contributed by atoms with Crippen LogP contribution in [0.25, 0.3) is 0 Å². The van der Waals surface area contributed by atoms with Crippen LogP contribution in [-0.2, 0) is 4.74 Å². The third-order valence-electron chi connectivity index (χ3n) is 0.827. The van der Waals surface area contributed by atoms with Crippen molar-refractivity contribution in [2.24, 2.45) is 0 Å². The highest BCUT2D eigenvalue weighted by Crippen LogP contribution is 1.98. The van der Waals surface area contributed by atoms with Crippen LogP contribution in [0.4, 0.5) is 0 Å². The third-order valence-corrected chi connectivity index (χ3v) is 0.827. The third kappa shape index (κ3) is 1.41. The monoisotopic (exact) mass is 88.1 g/mol. The molecule has 0 amide bonds. The standard InChI is InChI=1S/C4H8O.CH4/c1-2-4-5-3-1;/h1-4H2;1H4. The highest BCUT2D eigenvalue weighted by Gasteiger charge is 1.94. The largest absolute Gasteiger partial charge is 0.381 e. The van der Waals surface area contributed by atoms with E-state index in [0.717, 1.165) is 13.2 Å². The molecule has 1 aliphatic heterocycles. The van der Waals surface area contributed by atoms with Crippen molar-refractivity contribution < 1.29 is 4.74 Å². The van der Waals surface area contributed by atoms with Gasteiger partial charge in [0.05, 0.1) is 0 Å². The van der Waals surface area contributed by atoms with E-state index in [1.165, 1.54) is 12.8 Å². The van der Waals surface area contributed by atoms with Crippen molar-refractivity contribution >= 4 is 0 Å². The van der Waals surface area contributed by atoms with Crippen molar-refractivity contribution in [2.75, 3.05) is 13.2 Å². The molecule has 0 spiro atoms. The van der Waals surface area contributed by atoms with Crippen LogP contribution in [0.3, 0.4) is 0 Å². The lowest BCUT2D eigenvalue weighted by Gasteiger charge is -1.76. The normalized spacial score (nSPS) is 20.0. The molecule has 0 bridgehead atoms. The molecule has 1 nitrogen and oxygen atoms in total. The summed E-state index contributed by atoms with van der Waals surface area (Å²) in [5.41, 5.74) is 0. The minimum atomic E-state index is 0.